The number of aromatic nitrogens is 2. The molecule has 0 unspecified atom stereocenters. The number of H-pyrrole nitrogens is 1. The first-order valence-corrected chi connectivity index (χ1v) is 14.0. The predicted molar refractivity (Wildman–Crippen MR) is 157 cm³/mol. The molecule has 0 atom stereocenters. The number of allylic oxidation sites excluding steroid dienone is 2. The number of carbonyl (C=O) groups is 1. The maximum absolute atomic E-state index is 11.9. The van der Waals surface area contributed by atoms with Crippen molar-refractivity contribution in [2.75, 3.05) is 37.6 Å². The summed E-state index contributed by atoms with van der Waals surface area (Å²) in [7, 11) is 0. The second-order valence-corrected chi connectivity index (χ2v) is 11.9. The number of aromatic carboxylic acids is 1. The van der Waals surface area contributed by atoms with E-state index in [1.54, 1.807) is 23.4 Å². The Morgan fingerprint density at radius 1 is 1.15 bits per heavy atom. The third-order valence-corrected chi connectivity index (χ3v) is 8.10. The molecule has 1 aliphatic carbocycles. The number of fused-ring (bicyclic) bond motifs is 1. The zero-order valence-electron chi connectivity index (χ0n) is 23.4. The monoisotopic (exact) mass is 528 g/mol. The number of pyridine rings is 1. The van der Waals surface area contributed by atoms with Crippen LogP contribution < -0.4 is 9.64 Å². The highest BCUT2D eigenvalue weighted by atomic mass is 16.5. The number of hydrogen-bond donors (Lipinski definition) is 2. The van der Waals surface area contributed by atoms with Crippen LogP contribution in [0.15, 0.2) is 66.0 Å². The van der Waals surface area contributed by atoms with Gasteiger partial charge in [-0.25, -0.2) is 9.78 Å². The maximum Gasteiger partial charge on any atom is 0.339 e. The normalized spacial score (nSPS) is 18.0. The van der Waals surface area contributed by atoms with Crippen LogP contribution in [0.25, 0.3) is 11.0 Å². The molecule has 1 aromatic carbocycles. The quantitative estimate of drug-likeness (QED) is 0.290. The van der Waals surface area contributed by atoms with E-state index in [-0.39, 0.29) is 5.56 Å². The number of carboxylic acids is 1. The van der Waals surface area contributed by atoms with Crippen LogP contribution in [0.2, 0.25) is 0 Å². The predicted octanol–water partition coefficient (Wildman–Crippen LogP) is 7.04. The highest BCUT2D eigenvalue weighted by molar-refractivity contribution is 5.92. The van der Waals surface area contributed by atoms with Gasteiger partial charge in [-0.05, 0) is 68.7 Å². The van der Waals surface area contributed by atoms with Gasteiger partial charge in [-0.1, -0.05) is 30.6 Å². The summed E-state index contributed by atoms with van der Waals surface area (Å²) in [6.45, 7) is 15.8. The Morgan fingerprint density at radius 3 is 2.69 bits per heavy atom. The Balaban J connectivity index is 1.27. The van der Waals surface area contributed by atoms with Crippen LogP contribution in [0.5, 0.6) is 11.5 Å². The largest absolute Gasteiger partial charge is 0.478 e. The van der Waals surface area contributed by atoms with E-state index in [2.05, 4.69) is 47.1 Å². The van der Waals surface area contributed by atoms with Crippen LogP contribution >= 0.6 is 0 Å². The number of benzene rings is 1. The standard InChI is InChI=1S/C32H40N4O3/c1-22(2)5-6-24-19-32(3,4)11-9-25(24)21-35-13-15-36(16-14-35)26-7-8-28(31(37)38)29(18-26)39-27-17-23-10-12-33-30(23)34-20-27/h7-8,10,12,17-18,20H,1,5-6,9,11,13-16,19,21H2,2-4H3,(H,33,34)(H,37,38). The Bertz CT molecular complexity index is 1400. The van der Waals surface area contributed by atoms with Gasteiger partial charge in [-0.3, -0.25) is 4.90 Å². The number of rotatable bonds is 9. The van der Waals surface area contributed by atoms with Crippen LogP contribution in [-0.2, 0) is 0 Å². The van der Waals surface area contributed by atoms with Crippen LogP contribution in [0, 0.1) is 5.41 Å². The van der Waals surface area contributed by atoms with Gasteiger partial charge >= 0.3 is 5.97 Å². The molecular weight excluding hydrogens is 488 g/mol. The van der Waals surface area contributed by atoms with Crippen molar-refractivity contribution in [3.8, 4) is 11.5 Å². The van der Waals surface area contributed by atoms with Gasteiger partial charge in [0.1, 0.15) is 22.7 Å². The molecule has 0 radical (unpaired) electrons. The highest BCUT2D eigenvalue weighted by Crippen LogP contribution is 2.41. The third kappa shape index (κ3) is 6.53. The fraction of sp³-hybridized carbons (Fsp3) is 0.438. The van der Waals surface area contributed by atoms with Crippen molar-refractivity contribution in [2.24, 2.45) is 5.41 Å². The summed E-state index contributed by atoms with van der Waals surface area (Å²) in [6, 6.07) is 9.16. The van der Waals surface area contributed by atoms with E-state index in [0.29, 0.717) is 16.9 Å². The van der Waals surface area contributed by atoms with Crippen molar-refractivity contribution in [1.82, 2.24) is 14.9 Å². The Kier molecular flexibility index (Phi) is 7.80. The number of aromatic amines is 1. The average molecular weight is 529 g/mol. The summed E-state index contributed by atoms with van der Waals surface area (Å²) in [5, 5.41) is 10.7. The number of nitrogens with zero attached hydrogens (tertiary/aromatic N) is 3. The molecule has 3 heterocycles. The second kappa shape index (κ2) is 11.3. The van der Waals surface area contributed by atoms with Crippen molar-refractivity contribution in [2.45, 2.75) is 52.9 Å². The lowest BCUT2D eigenvalue weighted by Gasteiger charge is -2.39. The lowest BCUT2D eigenvalue weighted by atomic mass is 9.73. The van der Waals surface area contributed by atoms with Crippen LogP contribution in [0.1, 0.15) is 63.2 Å². The number of hydrogen-bond acceptors (Lipinski definition) is 5. The van der Waals surface area contributed by atoms with E-state index in [1.165, 1.54) is 24.8 Å². The second-order valence-electron chi connectivity index (χ2n) is 11.9. The molecule has 0 saturated carbocycles. The third-order valence-electron chi connectivity index (χ3n) is 8.10. The molecule has 39 heavy (non-hydrogen) atoms. The fourth-order valence-corrected chi connectivity index (χ4v) is 5.78. The van der Waals surface area contributed by atoms with Crippen molar-refractivity contribution >= 4 is 22.7 Å². The van der Waals surface area contributed by atoms with Gasteiger partial charge in [0.25, 0.3) is 0 Å². The lowest BCUT2D eigenvalue weighted by molar-refractivity contribution is 0.0694. The topological polar surface area (TPSA) is 81.7 Å². The smallest absolute Gasteiger partial charge is 0.339 e. The van der Waals surface area contributed by atoms with Crippen molar-refractivity contribution in [3.63, 3.8) is 0 Å². The molecule has 206 valence electrons. The van der Waals surface area contributed by atoms with E-state index in [9.17, 15) is 9.90 Å². The van der Waals surface area contributed by atoms with E-state index >= 15 is 0 Å². The molecule has 2 N–H and O–H groups in total. The van der Waals surface area contributed by atoms with Gasteiger partial charge in [0.15, 0.2) is 0 Å². The number of anilines is 1. The summed E-state index contributed by atoms with van der Waals surface area (Å²) in [4.78, 5) is 24.2. The molecule has 1 aliphatic heterocycles. The number of carboxylic acid groups (broad SMARTS) is 1. The Labute approximate surface area is 231 Å². The van der Waals surface area contributed by atoms with Crippen molar-refractivity contribution < 1.29 is 14.6 Å². The van der Waals surface area contributed by atoms with Crippen molar-refractivity contribution in [3.05, 3.63) is 71.6 Å². The van der Waals surface area contributed by atoms with E-state index < -0.39 is 5.97 Å². The zero-order valence-corrected chi connectivity index (χ0v) is 23.4. The molecule has 0 bridgehead atoms. The number of ether oxygens (including phenoxy) is 1. The first-order valence-electron chi connectivity index (χ1n) is 14.0. The van der Waals surface area contributed by atoms with Gasteiger partial charge in [-0.2, -0.15) is 0 Å². The summed E-state index contributed by atoms with van der Waals surface area (Å²) in [6.07, 6.45) is 9.29. The minimum atomic E-state index is -1.01. The molecule has 0 spiro atoms. The minimum absolute atomic E-state index is 0.140. The van der Waals surface area contributed by atoms with Gasteiger partial charge in [0.2, 0.25) is 0 Å². The first kappa shape index (κ1) is 27.0. The maximum atomic E-state index is 11.9. The zero-order chi connectivity index (χ0) is 27.6. The molecular formula is C32H40N4O3. The molecule has 0 amide bonds. The molecule has 1 saturated heterocycles. The van der Waals surface area contributed by atoms with Gasteiger partial charge in [0.05, 0.1) is 6.20 Å². The van der Waals surface area contributed by atoms with Crippen LogP contribution in [-0.4, -0.2) is 58.7 Å². The molecule has 3 aromatic rings. The van der Waals surface area contributed by atoms with E-state index in [0.717, 1.165) is 62.3 Å². The molecule has 2 aliphatic rings. The van der Waals surface area contributed by atoms with Crippen LogP contribution in [0.3, 0.4) is 0 Å². The Morgan fingerprint density at radius 2 is 1.95 bits per heavy atom. The van der Waals surface area contributed by atoms with Crippen LogP contribution in [0.4, 0.5) is 5.69 Å². The summed E-state index contributed by atoms with van der Waals surface area (Å²) in [5.41, 5.74) is 6.82. The highest BCUT2D eigenvalue weighted by Gasteiger charge is 2.28. The molecule has 1 fully saturated rings. The first-order chi connectivity index (χ1) is 18.7. The summed E-state index contributed by atoms with van der Waals surface area (Å²) >= 11 is 0. The van der Waals surface area contributed by atoms with E-state index in [1.807, 2.05) is 30.5 Å². The number of nitrogens with one attached hydrogen (secondary N) is 1. The summed E-state index contributed by atoms with van der Waals surface area (Å²) in [5.74, 6) is -0.169. The molecule has 2 aromatic heterocycles. The minimum Gasteiger partial charge on any atom is -0.478 e. The fourth-order valence-electron chi connectivity index (χ4n) is 5.78. The molecule has 5 rings (SSSR count). The Hall–Kier alpha value is -3.58. The van der Waals surface area contributed by atoms with Gasteiger partial charge in [0, 0.05) is 56.1 Å². The van der Waals surface area contributed by atoms with E-state index in [4.69, 9.17) is 4.74 Å². The SMILES string of the molecule is C=C(C)CCC1=C(CN2CCN(c3ccc(C(=O)O)c(Oc4cnc5[nH]ccc5c4)c3)CC2)CCC(C)(C)C1. The lowest BCUT2D eigenvalue weighted by Crippen LogP contribution is -2.47. The van der Waals surface area contributed by atoms with Crippen molar-refractivity contribution in [1.29, 1.82) is 0 Å². The molecule has 7 nitrogen and oxygen atoms in total. The van der Waals surface area contributed by atoms with Gasteiger partial charge in [-0.15, -0.1) is 6.58 Å². The summed E-state index contributed by atoms with van der Waals surface area (Å²) < 4.78 is 6.06. The van der Waals surface area contributed by atoms with Gasteiger partial charge < -0.3 is 19.7 Å². The number of piperazine rings is 1. The molecule has 7 heteroatoms. The average Bonchev–Trinajstić information content (AvgIpc) is 3.37.